The van der Waals surface area contributed by atoms with Crippen LogP contribution in [0.1, 0.15) is 47.0 Å². The number of hydrogen-bond donors (Lipinski definition) is 2. The molecule has 2 N–H and O–H groups in total. The molecule has 0 aliphatic rings. The van der Waals surface area contributed by atoms with E-state index in [9.17, 15) is 4.79 Å². The molecule has 0 bridgehead atoms. The number of carboxylic acid groups (broad SMARTS) is 1. The molecule has 0 aliphatic carbocycles. The predicted molar refractivity (Wildman–Crippen MR) is 53.8 cm³/mol. The summed E-state index contributed by atoms with van der Waals surface area (Å²) in [5.41, 5.74) is 0.0453. The molecule has 78 valence electrons. The van der Waals surface area contributed by atoms with Gasteiger partial charge in [-0.25, -0.2) is 0 Å². The van der Waals surface area contributed by atoms with Crippen molar-refractivity contribution >= 4 is 5.97 Å². The molecule has 0 amide bonds. The van der Waals surface area contributed by atoms with Gasteiger partial charge in [-0.05, 0) is 27.2 Å². The van der Waals surface area contributed by atoms with Gasteiger partial charge in [-0.3, -0.25) is 4.79 Å². The van der Waals surface area contributed by atoms with E-state index < -0.39 is 5.97 Å². The number of carbonyl (C=O) groups is 1. The van der Waals surface area contributed by atoms with Gasteiger partial charge in [-0.15, -0.1) is 0 Å². The lowest BCUT2D eigenvalue weighted by Gasteiger charge is -2.29. The van der Waals surface area contributed by atoms with E-state index in [1.165, 1.54) is 0 Å². The third-order valence-corrected chi connectivity index (χ3v) is 1.99. The molecule has 1 unspecified atom stereocenters. The minimum atomic E-state index is -0.743. The largest absolute Gasteiger partial charge is 0.481 e. The first kappa shape index (κ1) is 12.4. The maximum Gasteiger partial charge on any atom is 0.304 e. The van der Waals surface area contributed by atoms with Gasteiger partial charge in [-0.1, -0.05) is 13.3 Å². The summed E-state index contributed by atoms with van der Waals surface area (Å²) in [6, 6.07) is 0.0408. The Hall–Kier alpha value is -0.570. The Kier molecular flexibility index (Phi) is 4.99. The van der Waals surface area contributed by atoms with Gasteiger partial charge in [0.2, 0.25) is 0 Å². The van der Waals surface area contributed by atoms with Crippen LogP contribution >= 0.6 is 0 Å². The van der Waals surface area contributed by atoms with E-state index in [1.807, 2.05) is 6.92 Å². The van der Waals surface area contributed by atoms with Crippen molar-refractivity contribution in [2.45, 2.75) is 58.5 Å². The highest BCUT2D eigenvalue weighted by atomic mass is 16.4. The average Bonchev–Trinajstić information content (AvgIpc) is 1.81. The molecule has 0 spiro atoms. The molecule has 3 nitrogen and oxygen atoms in total. The molecule has 0 radical (unpaired) electrons. The van der Waals surface area contributed by atoms with Crippen LogP contribution in [0, 0.1) is 0 Å². The first-order chi connectivity index (χ1) is 5.87. The lowest BCUT2D eigenvalue weighted by Crippen LogP contribution is -2.45. The molecule has 0 rings (SSSR count). The number of rotatable bonds is 6. The Morgan fingerprint density at radius 2 is 2.08 bits per heavy atom. The molecule has 0 heterocycles. The van der Waals surface area contributed by atoms with Crippen molar-refractivity contribution in [3.63, 3.8) is 0 Å². The van der Waals surface area contributed by atoms with Gasteiger partial charge < -0.3 is 10.4 Å². The SMILES string of the molecule is CCCC(C)(C)NC(C)CC(=O)O. The Morgan fingerprint density at radius 3 is 2.46 bits per heavy atom. The monoisotopic (exact) mass is 187 g/mol. The molecular formula is C10H21NO2. The van der Waals surface area contributed by atoms with Crippen molar-refractivity contribution in [3.05, 3.63) is 0 Å². The Morgan fingerprint density at radius 1 is 1.54 bits per heavy atom. The minimum absolute atomic E-state index is 0.0408. The standard InChI is InChI=1S/C10H21NO2/c1-5-6-10(3,4)11-8(2)7-9(12)13/h8,11H,5-7H2,1-4H3,(H,12,13). The summed E-state index contributed by atoms with van der Waals surface area (Å²) in [5, 5.41) is 11.9. The maximum absolute atomic E-state index is 10.4. The Labute approximate surface area is 80.5 Å². The average molecular weight is 187 g/mol. The van der Waals surface area contributed by atoms with Crippen LogP contribution in [0.15, 0.2) is 0 Å². The summed E-state index contributed by atoms with van der Waals surface area (Å²) < 4.78 is 0. The second-order valence-corrected chi connectivity index (χ2v) is 4.28. The van der Waals surface area contributed by atoms with Gasteiger partial charge in [0.1, 0.15) is 0 Å². The van der Waals surface area contributed by atoms with Crippen LogP contribution in [0.5, 0.6) is 0 Å². The zero-order chi connectivity index (χ0) is 10.5. The first-order valence-electron chi connectivity index (χ1n) is 4.87. The highest BCUT2D eigenvalue weighted by Gasteiger charge is 2.19. The van der Waals surface area contributed by atoms with Gasteiger partial charge in [0.25, 0.3) is 0 Å². The number of hydrogen-bond acceptors (Lipinski definition) is 2. The molecule has 0 fully saturated rings. The molecule has 0 aromatic carbocycles. The van der Waals surface area contributed by atoms with E-state index in [2.05, 4.69) is 26.1 Å². The summed E-state index contributed by atoms with van der Waals surface area (Å²) in [7, 11) is 0. The Bertz CT molecular complexity index is 166. The normalized spacial score (nSPS) is 14.2. The van der Waals surface area contributed by atoms with Crippen LogP contribution in [-0.4, -0.2) is 22.7 Å². The van der Waals surface area contributed by atoms with Crippen LogP contribution in [0.2, 0.25) is 0 Å². The minimum Gasteiger partial charge on any atom is -0.481 e. The van der Waals surface area contributed by atoms with E-state index in [0.29, 0.717) is 0 Å². The fourth-order valence-electron chi connectivity index (χ4n) is 1.68. The lowest BCUT2D eigenvalue weighted by atomic mass is 9.97. The van der Waals surface area contributed by atoms with Crippen molar-refractivity contribution in [1.82, 2.24) is 5.32 Å². The molecule has 3 heteroatoms. The van der Waals surface area contributed by atoms with E-state index in [1.54, 1.807) is 0 Å². The number of aliphatic carboxylic acids is 1. The third kappa shape index (κ3) is 6.58. The van der Waals surface area contributed by atoms with E-state index in [-0.39, 0.29) is 18.0 Å². The van der Waals surface area contributed by atoms with Crippen molar-refractivity contribution in [1.29, 1.82) is 0 Å². The summed E-state index contributed by atoms with van der Waals surface area (Å²) in [6.07, 6.45) is 2.36. The molecule has 0 aromatic rings. The van der Waals surface area contributed by atoms with E-state index in [4.69, 9.17) is 5.11 Å². The second-order valence-electron chi connectivity index (χ2n) is 4.28. The first-order valence-corrected chi connectivity index (χ1v) is 4.87. The lowest BCUT2D eigenvalue weighted by molar-refractivity contribution is -0.137. The fraction of sp³-hybridized carbons (Fsp3) is 0.900. The van der Waals surface area contributed by atoms with Crippen LogP contribution in [0.25, 0.3) is 0 Å². The fourth-order valence-corrected chi connectivity index (χ4v) is 1.68. The molecule has 13 heavy (non-hydrogen) atoms. The smallest absolute Gasteiger partial charge is 0.304 e. The second kappa shape index (κ2) is 5.22. The molecule has 0 aliphatic heterocycles. The van der Waals surface area contributed by atoms with Crippen LogP contribution in [0.4, 0.5) is 0 Å². The number of nitrogens with one attached hydrogen (secondary N) is 1. The number of carboxylic acids is 1. The highest BCUT2D eigenvalue weighted by Crippen LogP contribution is 2.12. The quantitative estimate of drug-likeness (QED) is 0.668. The van der Waals surface area contributed by atoms with Gasteiger partial charge in [0.05, 0.1) is 6.42 Å². The summed E-state index contributed by atoms with van der Waals surface area (Å²) in [6.45, 7) is 8.25. The van der Waals surface area contributed by atoms with Gasteiger partial charge in [-0.2, -0.15) is 0 Å². The molecule has 0 saturated carbocycles. The third-order valence-electron chi connectivity index (χ3n) is 1.99. The van der Waals surface area contributed by atoms with E-state index in [0.717, 1.165) is 12.8 Å². The van der Waals surface area contributed by atoms with Gasteiger partial charge in [0.15, 0.2) is 0 Å². The zero-order valence-electron chi connectivity index (χ0n) is 9.05. The van der Waals surface area contributed by atoms with Crippen molar-refractivity contribution in [3.8, 4) is 0 Å². The zero-order valence-corrected chi connectivity index (χ0v) is 9.05. The summed E-state index contributed by atoms with van der Waals surface area (Å²) in [4.78, 5) is 10.4. The van der Waals surface area contributed by atoms with Gasteiger partial charge in [0, 0.05) is 11.6 Å². The summed E-state index contributed by atoms with van der Waals surface area (Å²) >= 11 is 0. The molecule has 0 saturated heterocycles. The van der Waals surface area contributed by atoms with Crippen molar-refractivity contribution < 1.29 is 9.90 Å². The van der Waals surface area contributed by atoms with E-state index >= 15 is 0 Å². The van der Waals surface area contributed by atoms with Gasteiger partial charge >= 0.3 is 5.97 Å². The van der Waals surface area contributed by atoms with Crippen LogP contribution in [0.3, 0.4) is 0 Å². The van der Waals surface area contributed by atoms with Crippen LogP contribution < -0.4 is 5.32 Å². The topological polar surface area (TPSA) is 49.3 Å². The molecule has 1 atom stereocenters. The highest BCUT2D eigenvalue weighted by molar-refractivity contribution is 5.67. The molecule has 0 aromatic heterocycles. The van der Waals surface area contributed by atoms with Crippen LogP contribution in [-0.2, 0) is 4.79 Å². The van der Waals surface area contributed by atoms with Crippen molar-refractivity contribution in [2.75, 3.05) is 0 Å². The predicted octanol–water partition coefficient (Wildman–Crippen LogP) is 2.02. The Balaban J connectivity index is 3.88. The van der Waals surface area contributed by atoms with Crippen molar-refractivity contribution in [2.24, 2.45) is 0 Å². The maximum atomic E-state index is 10.4. The summed E-state index contributed by atoms with van der Waals surface area (Å²) in [5.74, 6) is -0.743. The molecular weight excluding hydrogens is 166 g/mol.